The molecule has 2 heteroatoms. The van der Waals surface area contributed by atoms with Gasteiger partial charge in [-0.1, -0.05) is 32.4 Å². The third-order valence-electron chi connectivity index (χ3n) is 4.26. The van der Waals surface area contributed by atoms with Gasteiger partial charge in [0.05, 0.1) is 0 Å². The molecule has 1 aliphatic rings. The van der Waals surface area contributed by atoms with Crippen molar-refractivity contribution in [3.8, 4) is 0 Å². The average Bonchev–Trinajstić information content (AvgIpc) is 3.20. The summed E-state index contributed by atoms with van der Waals surface area (Å²) < 4.78 is 13.0. The van der Waals surface area contributed by atoms with Crippen LogP contribution in [-0.2, 0) is 0 Å². The summed E-state index contributed by atoms with van der Waals surface area (Å²) in [6.45, 7) is 6.77. The van der Waals surface area contributed by atoms with E-state index in [2.05, 4.69) is 26.1 Å². The Balaban J connectivity index is 2.06. The Bertz CT molecular complexity index is 369. The van der Waals surface area contributed by atoms with Gasteiger partial charge in [-0.25, -0.2) is 4.39 Å². The fraction of sp³-hybridized carbons (Fsp3) is 0.625. The molecular weight excluding hydrogens is 225 g/mol. The molecule has 0 saturated heterocycles. The molecule has 1 aromatic rings. The lowest BCUT2D eigenvalue weighted by Crippen LogP contribution is -2.36. The summed E-state index contributed by atoms with van der Waals surface area (Å²) >= 11 is 0. The van der Waals surface area contributed by atoms with E-state index < -0.39 is 0 Å². The highest BCUT2D eigenvalue weighted by atomic mass is 19.1. The third kappa shape index (κ3) is 3.32. The second kappa shape index (κ2) is 5.83. The number of hydrogen-bond acceptors (Lipinski definition) is 1. The first-order valence-corrected chi connectivity index (χ1v) is 7.13. The van der Waals surface area contributed by atoms with E-state index in [1.807, 2.05) is 12.1 Å². The molecule has 1 aromatic carbocycles. The topological polar surface area (TPSA) is 12.0 Å². The molecule has 0 aromatic heterocycles. The highest BCUT2D eigenvalue weighted by molar-refractivity contribution is 5.22. The van der Waals surface area contributed by atoms with Crippen molar-refractivity contribution in [1.82, 2.24) is 5.32 Å². The van der Waals surface area contributed by atoms with E-state index in [-0.39, 0.29) is 5.82 Å². The van der Waals surface area contributed by atoms with Crippen LogP contribution in [0.1, 0.15) is 51.6 Å². The van der Waals surface area contributed by atoms with Crippen molar-refractivity contribution < 1.29 is 4.39 Å². The van der Waals surface area contributed by atoms with Crippen molar-refractivity contribution >= 4 is 0 Å². The van der Waals surface area contributed by atoms with E-state index in [9.17, 15) is 4.39 Å². The van der Waals surface area contributed by atoms with Crippen LogP contribution in [0.25, 0.3) is 0 Å². The number of nitrogens with one attached hydrogen (secondary N) is 1. The van der Waals surface area contributed by atoms with Gasteiger partial charge in [-0.2, -0.15) is 0 Å². The molecule has 0 spiro atoms. The maximum absolute atomic E-state index is 13.0. The largest absolute Gasteiger partial charge is 0.307 e. The molecule has 3 atom stereocenters. The molecule has 0 amide bonds. The lowest BCUT2D eigenvalue weighted by Gasteiger charge is -2.27. The Labute approximate surface area is 110 Å². The first kappa shape index (κ1) is 13.5. The molecule has 18 heavy (non-hydrogen) atoms. The van der Waals surface area contributed by atoms with Crippen LogP contribution in [0, 0.1) is 17.7 Å². The summed E-state index contributed by atoms with van der Waals surface area (Å²) in [6, 6.07) is 7.89. The summed E-state index contributed by atoms with van der Waals surface area (Å²) in [5, 5.41) is 3.74. The van der Waals surface area contributed by atoms with Gasteiger partial charge in [-0.05, 0) is 49.3 Å². The fourth-order valence-corrected chi connectivity index (χ4v) is 2.41. The zero-order valence-corrected chi connectivity index (χ0v) is 11.6. The molecule has 0 radical (unpaired) electrons. The highest BCUT2D eigenvalue weighted by Gasteiger charge is 2.33. The van der Waals surface area contributed by atoms with E-state index in [4.69, 9.17) is 0 Å². The van der Waals surface area contributed by atoms with E-state index in [0.717, 1.165) is 5.92 Å². The van der Waals surface area contributed by atoms with Gasteiger partial charge in [-0.3, -0.25) is 0 Å². The van der Waals surface area contributed by atoms with E-state index in [1.54, 1.807) is 12.1 Å². The lowest BCUT2D eigenvalue weighted by atomic mass is 9.96. The molecule has 1 fully saturated rings. The first-order chi connectivity index (χ1) is 8.61. The van der Waals surface area contributed by atoms with Gasteiger partial charge in [-0.15, -0.1) is 0 Å². The van der Waals surface area contributed by atoms with Crippen LogP contribution in [0.4, 0.5) is 4.39 Å². The molecule has 3 unspecified atom stereocenters. The molecule has 1 aliphatic carbocycles. The Morgan fingerprint density at radius 3 is 2.33 bits per heavy atom. The summed E-state index contributed by atoms with van der Waals surface area (Å²) in [4.78, 5) is 0. The molecule has 1 saturated carbocycles. The van der Waals surface area contributed by atoms with Crippen molar-refractivity contribution in [3.05, 3.63) is 35.6 Å². The molecule has 100 valence electrons. The van der Waals surface area contributed by atoms with Gasteiger partial charge >= 0.3 is 0 Å². The minimum atomic E-state index is -0.150. The highest BCUT2D eigenvalue weighted by Crippen LogP contribution is 2.41. The predicted molar refractivity (Wildman–Crippen MR) is 73.9 cm³/mol. The number of hydrogen-bond donors (Lipinski definition) is 1. The maximum atomic E-state index is 13.0. The number of benzene rings is 1. The van der Waals surface area contributed by atoms with E-state index in [1.165, 1.54) is 24.8 Å². The number of rotatable bonds is 6. The number of halogens is 1. The van der Waals surface area contributed by atoms with Gasteiger partial charge in [0.1, 0.15) is 5.82 Å². The predicted octanol–water partition coefficient (Wildman–Crippen LogP) is 4.30. The zero-order chi connectivity index (χ0) is 13.1. The molecule has 0 bridgehead atoms. The minimum Gasteiger partial charge on any atom is -0.307 e. The standard InChI is InChI=1S/C16H24FN/c1-4-11(2)12(3)18-16(13-5-6-13)14-7-9-15(17)10-8-14/h7-13,16,18H,4-6H2,1-3H3. The second-order valence-electron chi connectivity index (χ2n) is 5.71. The van der Waals surface area contributed by atoms with Gasteiger partial charge in [0.15, 0.2) is 0 Å². The van der Waals surface area contributed by atoms with Crippen molar-refractivity contribution in [1.29, 1.82) is 0 Å². The van der Waals surface area contributed by atoms with Crippen LogP contribution in [-0.4, -0.2) is 6.04 Å². The van der Waals surface area contributed by atoms with Crippen LogP contribution in [0.5, 0.6) is 0 Å². The Kier molecular flexibility index (Phi) is 4.39. The lowest BCUT2D eigenvalue weighted by molar-refractivity contribution is 0.333. The monoisotopic (exact) mass is 249 g/mol. The average molecular weight is 249 g/mol. The van der Waals surface area contributed by atoms with Gasteiger partial charge in [0.25, 0.3) is 0 Å². The smallest absolute Gasteiger partial charge is 0.123 e. The molecule has 2 rings (SSSR count). The van der Waals surface area contributed by atoms with E-state index in [0.29, 0.717) is 18.0 Å². The normalized spacial score (nSPS) is 20.4. The van der Waals surface area contributed by atoms with E-state index >= 15 is 0 Å². The van der Waals surface area contributed by atoms with Gasteiger partial charge in [0.2, 0.25) is 0 Å². The molecule has 1 N–H and O–H groups in total. The summed E-state index contributed by atoms with van der Waals surface area (Å²) in [5.74, 6) is 1.26. The fourth-order valence-electron chi connectivity index (χ4n) is 2.41. The van der Waals surface area contributed by atoms with Crippen molar-refractivity contribution in [2.75, 3.05) is 0 Å². The third-order valence-corrected chi connectivity index (χ3v) is 4.26. The Morgan fingerprint density at radius 1 is 1.22 bits per heavy atom. The molecule has 1 nitrogen and oxygen atoms in total. The molecular formula is C16H24FN. The van der Waals surface area contributed by atoms with Crippen LogP contribution in [0.2, 0.25) is 0 Å². The minimum absolute atomic E-state index is 0.150. The first-order valence-electron chi connectivity index (χ1n) is 7.13. The summed E-state index contributed by atoms with van der Waals surface area (Å²) in [7, 11) is 0. The second-order valence-corrected chi connectivity index (χ2v) is 5.71. The van der Waals surface area contributed by atoms with Crippen molar-refractivity contribution in [2.45, 2.75) is 52.1 Å². The van der Waals surface area contributed by atoms with Crippen molar-refractivity contribution in [3.63, 3.8) is 0 Å². The Morgan fingerprint density at radius 2 is 1.83 bits per heavy atom. The van der Waals surface area contributed by atoms with Gasteiger partial charge in [0, 0.05) is 12.1 Å². The molecule has 0 heterocycles. The van der Waals surface area contributed by atoms with Crippen LogP contribution in [0.3, 0.4) is 0 Å². The maximum Gasteiger partial charge on any atom is 0.123 e. The quantitative estimate of drug-likeness (QED) is 0.792. The molecule has 0 aliphatic heterocycles. The van der Waals surface area contributed by atoms with Gasteiger partial charge < -0.3 is 5.32 Å². The van der Waals surface area contributed by atoms with Crippen LogP contribution >= 0.6 is 0 Å². The van der Waals surface area contributed by atoms with Crippen LogP contribution in [0.15, 0.2) is 24.3 Å². The van der Waals surface area contributed by atoms with Crippen molar-refractivity contribution in [2.24, 2.45) is 11.8 Å². The summed E-state index contributed by atoms with van der Waals surface area (Å²) in [5.41, 5.74) is 1.23. The van der Waals surface area contributed by atoms with Crippen LogP contribution < -0.4 is 5.32 Å². The Hall–Kier alpha value is -0.890. The zero-order valence-electron chi connectivity index (χ0n) is 11.6. The SMILES string of the molecule is CCC(C)C(C)NC(c1ccc(F)cc1)C1CC1. The summed E-state index contributed by atoms with van der Waals surface area (Å²) in [6.07, 6.45) is 3.78.